The van der Waals surface area contributed by atoms with Gasteiger partial charge in [-0.1, -0.05) is 18.2 Å². The number of benzene rings is 2. The van der Waals surface area contributed by atoms with Crippen molar-refractivity contribution in [2.24, 2.45) is 0 Å². The lowest BCUT2D eigenvalue weighted by Crippen LogP contribution is -2.26. The van der Waals surface area contributed by atoms with Gasteiger partial charge in [-0.3, -0.25) is 4.79 Å². The highest BCUT2D eigenvalue weighted by atomic mass is 32.2. The molecule has 0 aliphatic carbocycles. The van der Waals surface area contributed by atoms with E-state index in [1.807, 2.05) is 31.2 Å². The summed E-state index contributed by atoms with van der Waals surface area (Å²) < 4.78 is 0. The minimum absolute atomic E-state index is 0.0452. The Kier molecular flexibility index (Phi) is 5.07. The van der Waals surface area contributed by atoms with Gasteiger partial charge in [0.15, 0.2) is 0 Å². The average Bonchev–Trinajstić information content (AvgIpc) is 2.44. The van der Waals surface area contributed by atoms with Gasteiger partial charge in [-0.2, -0.15) is 0 Å². The minimum atomic E-state index is -0.0452. The molecule has 1 amide bonds. The van der Waals surface area contributed by atoms with Gasteiger partial charge >= 0.3 is 0 Å². The number of anilines is 1. The molecule has 104 valence electrons. The maximum Gasteiger partial charge on any atom is 0.251 e. The zero-order valence-corrected chi connectivity index (χ0v) is 12.2. The van der Waals surface area contributed by atoms with Crippen LogP contribution in [-0.4, -0.2) is 18.2 Å². The lowest BCUT2D eigenvalue weighted by atomic mass is 10.1. The summed E-state index contributed by atoms with van der Waals surface area (Å²) in [5, 5.41) is 2.93. The topological polar surface area (TPSA) is 55.1 Å². The molecule has 2 aromatic carbocycles. The van der Waals surface area contributed by atoms with Gasteiger partial charge in [0.05, 0.1) is 0 Å². The summed E-state index contributed by atoms with van der Waals surface area (Å²) in [5.41, 5.74) is 7.94. The first-order chi connectivity index (χ1) is 9.66. The summed E-state index contributed by atoms with van der Waals surface area (Å²) >= 11 is 1.73. The molecule has 2 aromatic rings. The molecule has 0 bridgehead atoms. The summed E-state index contributed by atoms with van der Waals surface area (Å²) in [5.74, 6) is 0.806. The number of carbonyl (C=O) groups is 1. The number of nitrogens with two attached hydrogens (primary N) is 1. The van der Waals surface area contributed by atoms with Crippen LogP contribution < -0.4 is 11.1 Å². The molecule has 3 N–H and O–H groups in total. The maximum atomic E-state index is 12.0. The molecule has 0 radical (unpaired) electrons. The van der Waals surface area contributed by atoms with Crippen LogP contribution in [0.2, 0.25) is 0 Å². The second kappa shape index (κ2) is 7.01. The Labute approximate surface area is 123 Å². The maximum absolute atomic E-state index is 12.0. The lowest BCUT2D eigenvalue weighted by Gasteiger charge is -2.08. The van der Waals surface area contributed by atoms with Crippen LogP contribution in [0.15, 0.2) is 53.4 Å². The van der Waals surface area contributed by atoms with E-state index in [0.29, 0.717) is 17.8 Å². The standard InChI is InChI=1S/C16H18N2OS/c1-12-11-13(17)7-8-15(12)16(19)18-9-10-20-14-5-3-2-4-6-14/h2-8,11H,9-10,17H2,1H3,(H,18,19). The Bertz CT molecular complexity index is 584. The van der Waals surface area contributed by atoms with Crippen molar-refractivity contribution in [3.8, 4) is 0 Å². The first-order valence-corrected chi connectivity index (χ1v) is 7.47. The molecule has 0 unspecified atom stereocenters. The highest BCUT2D eigenvalue weighted by molar-refractivity contribution is 7.99. The summed E-state index contributed by atoms with van der Waals surface area (Å²) in [6.45, 7) is 2.53. The number of nitrogens with one attached hydrogen (secondary N) is 1. The molecule has 4 heteroatoms. The van der Waals surface area contributed by atoms with E-state index < -0.39 is 0 Å². The van der Waals surface area contributed by atoms with Crippen molar-refractivity contribution in [2.45, 2.75) is 11.8 Å². The van der Waals surface area contributed by atoms with Crippen molar-refractivity contribution in [3.05, 3.63) is 59.7 Å². The summed E-state index contributed by atoms with van der Waals surface area (Å²) in [6.07, 6.45) is 0. The molecule has 0 fully saturated rings. The first kappa shape index (κ1) is 14.5. The van der Waals surface area contributed by atoms with Gasteiger partial charge in [0, 0.05) is 28.4 Å². The van der Waals surface area contributed by atoms with E-state index in [9.17, 15) is 4.79 Å². The minimum Gasteiger partial charge on any atom is -0.399 e. The fourth-order valence-electron chi connectivity index (χ4n) is 1.89. The average molecular weight is 286 g/mol. The predicted molar refractivity (Wildman–Crippen MR) is 85.1 cm³/mol. The molecule has 0 aliphatic heterocycles. The first-order valence-electron chi connectivity index (χ1n) is 6.49. The third-order valence-electron chi connectivity index (χ3n) is 2.89. The van der Waals surface area contributed by atoms with Gasteiger partial charge in [-0.05, 0) is 42.8 Å². The van der Waals surface area contributed by atoms with Crippen molar-refractivity contribution in [1.29, 1.82) is 0 Å². The SMILES string of the molecule is Cc1cc(N)ccc1C(=O)NCCSc1ccccc1. The van der Waals surface area contributed by atoms with Crippen molar-refractivity contribution in [3.63, 3.8) is 0 Å². The van der Waals surface area contributed by atoms with Gasteiger partial charge in [0.1, 0.15) is 0 Å². The molecule has 0 heterocycles. The summed E-state index contributed by atoms with van der Waals surface area (Å²) in [7, 11) is 0. The Balaban J connectivity index is 1.80. The van der Waals surface area contributed by atoms with Crippen molar-refractivity contribution < 1.29 is 4.79 Å². The highest BCUT2D eigenvalue weighted by Gasteiger charge is 2.08. The molecule has 0 aliphatic rings. The zero-order chi connectivity index (χ0) is 14.4. The van der Waals surface area contributed by atoms with Gasteiger partial charge < -0.3 is 11.1 Å². The number of carbonyl (C=O) groups excluding carboxylic acids is 1. The Morgan fingerprint density at radius 2 is 1.95 bits per heavy atom. The molecule has 0 spiro atoms. The second-order valence-corrected chi connectivity index (χ2v) is 5.66. The highest BCUT2D eigenvalue weighted by Crippen LogP contribution is 2.16. The monoisotopic (exact) mass is 286 g/mol. The van der Waals surface area contributed by atoms with E-state index in [4.69, 9.17) is 5.73 Å². The molecule has 0 atom stereocenters. The van der Waals surface area contributed by atoms with E-state index in [1.54, 1.807) is 23.9 Å². The third kappa shape index (κ3) is 4.03. The van der Waals surface area contributed by atoms with Crippen molar-refractivity contribution in [1.82, 2.24) is 5.32 Å². The normalized spacial score (nSPS) is 10.2. The molecule has 0 saturated carbocycles. The number of aryl methyl sites for hydroxylation is 1. The molecule has 20 heavy (non-hydrogen) atoms. The molecule has 2 rings (SSSR count). The molecular formula is C16H18N2OS. The van der Waals surface area contributed by atoms with E-state index >= 15 is 0 Å². The number of thioether (sulfide) groups is 1. The van der Waals surface area contributed by atoms with Crippen molar-refractivity contribution in [2.75, 3.05) is 18.0 Å². The van der Waals surface area contributed by atoms with Crippen LogP contribution in [0.5, 0.6) is 0 Å². The number of nitrogen functional groups attached to an aromatic ring is 1. The van der Waals surface area contributed by atoms with Gasteiger partial charge in [0.25, 0.3) is 5.91 Å². The Hall–Kier alpha value is -1.94. The molecule has 3 nitrogen and oxygen atoms in total. The summed E-state index contributed by atoms with van der Waals surface area (Å²) in [6, 6.07) is 15.5. The van der Waals surface area contributed by atoms with E-state index in [1.165, 1.54) is 4.90 Å². The van der Waals surface area contributed by atoms with Crippen LogP contribution in [0, 0.1) is 6.92 Å². The van der Waals surface area contributed by atoms with Gasteiger partial charge in [-0.15, -0.1) is 11.8 Å². The number of rotatable bonds is 5. The number of hydrogen-bond donors (Lipinski definition) is 2. The number of amides is 1. The molecule has 0 aromatic heterocycles. The van der Waals surface area contributed by atoms with E-state index in [-0.39, 0.29) is 5.91 Å². The van der Waals surface area contributed by atoms with Crippen LogP contribution in [0.3, 0.4) is 0 Å². The fourth-order valence-corrected chi connectivity index (χ4v) is 2.68. The molecular weight excluding hydrogens is 268 g/mol. The third-order valence-corrected chi connectivity index (χ3v) is 3.91. The van der Waals surface area contributed by atoms with Crippen LogP contribution in [0.4, 0.5) is 5.69 Å². The van der Waals surface area contributed by atoms with Crippen molar-refractivity contribution >= 4 is 23.4 Å². The summed E-state index contributed by atoms with van der Waals surface area (Å²) in [4.78, 5) is 13.2. The fraction of sp³-hybridized carbons (Fsp3) is 0.188. The van der Waals surface area contributed by atoms with Crippen LogP contribution in [0.1, 0.15) is 15.9 Å². The Morgan fingerprint density at radius 1 is 1.20 bits per heavy atom. The Morgan fingerprint density at radius 3 is 2.65 bits per heavy atom. The van der Waals surface area contributed by atoms with E-state index in [0.717, 1.165) is 11.3 Å². The van der Waals surface area contributed by atoms with Crippen LogP contribution >= 0.6 is 11.8 Å². The number of hydrogen-bond acceptors (Lipinski definition) is 3. The van der Waals surface area contributed by atoms with Gasteiger partial charge in [-0.25, -0.2) is 0 Å². The largest absolute Gasteiger partial charge is 0.399 e. The van der Waals surface area contributed by atoms with Crippen LogP contribution in [-0.2, 0) is 0 Å². The predicted octanol–water partition coefficient (Wildman–Crippen LogP) is 3.10. The smallest absolute Gasteiger partial charge is 0.251 e. The zero-order valence-electron chi connectivity index (χ0n) is 11.4. The van der Waals surface area contributed by atoms with Gasteiger partial charge in [0.2, 0.25) is 0 Å². The van der Waals surface area contributed by atoms with Crippen LogP contribution in [0.25, 0.3) is 0 Å². The lowest BCUT2D eigenvalue weighted by molar-refractivity contribution is 0.0955. The molecule has 0 saturated heterocycles. The van der Waals surface area contributed by atoms with E-state index in [2.05, 4.69) is 17.4 Å². The second-order valence-electron chi connectivity index (χ2n) is 4.49. The quantitative estimate of drug-likeness (QED) is 0.504.